The van der Waals surface area contributed by atoms with Gasteiger partial charge in [0.1, 0.15) is 9.90 Å². The number of rotatable bonds is 7. The minimum absolute atomic E-state index is 0.132. The van der Waals surface area contributed by atoms with Crippen molar-refractivity contribution in [3.63, 3.8) is 0 Å². The molecule has 0 saturated heterocycles. The quantitative estimate of drug-likeness (QED) is 0.533. The molecule has 2 N–H and O–H groups in total. The molecular formula is C17H21N3O4S2. The lowest BCUT2D eigenvalue weighted by molar-refractivity contribution is -0.383. The maximum atomic E-state index is 12.3. The van der Waals surface area contributed by atoms with Gasteiger partial charge in [0, 0.05) is 12.6 Å². The second-order valence-electron chi connectivity index (χ2n) is 6.41. The summed E-state index contributed by atoms with van der Waals surface area (Å²) in [6, 6.07) is 7.49. The Morgan fingerprint density at radius 3 is 2.62 bits per heavy atom. The van der Waals surface area contributed by atoms with Gasteiger partial charge in [-0.05, 0) is 42.3 Å². The van der Waals surface area contributed by atoms with Crippen molar-refractivity contribution in [2.24, 2.45) is 5.92 Å². The highest BCUT2D eigenvalue weighted by atomic mass is 32.2. The summed E-state index contributed by atoms with van der Waals surface area (Å²) < 4.78 is 27.1. The van der Waals surface area contributed by atoms with Gasteiger partial charge in [0.2, 0.25) is 0 Å². The van der Waals surface area contributed by atoms with Crippen LogP contribution in [0.25, 0.3) is 0 Å². The number of anilines is 2. The van der Waals surface area contributed by atoms with Crippen LogP contribution in [0, 0.1) is 16.0 Å². The number of thiophene rings is 1. The van der Waals surface area contributed by atoms with Gasteiger partial charge in [-0.25, -0.2) is 8.42 Å². The number of nitro groups is 1. The summed E-state index contributed by atoms with van der Waals surface area (Å²) in [6.45, 7) is 0.696. The number of nitrogens with one attached hydrogen (secondary N) is 2. The molecule has 0 spiro atoms. The Morgan fingerprint density at radius 2 is 1.96 bits per heavy atom. The normalized spacial score (nSPS) is 15.5. The van der Waals surface area contributed by atoms with Crippen LogP contribution in [0.3, 0.4) is 0 Å². The lowest BCUT2D eigenvalue weighted by Crippen LogP contribution is -2.18. The van der Waals surface area contributed by atoms with Gasteiger partial charge in [-0.15, -0.1) is 11.3 Å². The third-order valence-electron chi connectivity index (χ3n) is 4.51. The van der Waals surface area contributed by atoms with Crippen molar-refractivity contribution in [1.82, 2.24) is 0 Å². The molecule has 0 atom stereocenters. The number of nitro benzene ring substituents is 1. The summed E-state index contributed by atoms with van der Waals surface area (Å²) in [5.41, 5.74) is 0.458. The highest BCUT2D eigenvalue weighted by molar-refractivity contribution is 7.94. The molecule has 1 saturated carbocycles. The van der Waals surface area contributed by atoms with E-state index in [-0.39, 0.29) is 15.6 Å². The average Bonchev–Trinajstić information content (AvgIpc) is 3.17. The van der Waals surface area contributed by atoms with E-state index in [1.165, 1.54) is 31.4 Å². The molecule has 3 rings (SSSR count). The van der Waals surface area contributed by atoms with Crippen LogP contribution >= 0.6 is 11.3 Å². The molecule has 0 radical (unpaired) electrons. The minimum atomic E-state index is -3.73. The fourth-order valence-electron chi connectivity index (χ4n) is 3.16. The van der Waals surface area contributed by atoms with Crippen LogP contribution in [0.15, 0.2) is 39.9 Å². The molecule has 9 heteroatoms. The summed E-state index contributed by atoms with van der Waals surface area (Å²) >= 11 is 1.09. The molecule has 0 amide bonds. The standard InChI is InChI=1S/C17H21N3O4S2/c21-20(22)16-11-14(19-26(23,24)17-7-4-10-25-17)8-9-15(16)18-12-13-5-2-1-3-6-13/h4,7-11,13,18-19H,1-3,5-6,12H2. The van der Waals surface area contributed by atoms with Gasteiger partial charge in [-0.3, -0.25) is 14.8 Å². The second-order valence-corrected chi connectivity index (χ2v) is 9.27. The third kappa shape index (κ3) is 4.53. The van der Waals surface area contributed by atoms with Gasteiger partial charge in [0.05, 0.1) is 10.6 Å². The second kappa shape index (κ2) is 8.05. The fraction of sp³-hybridized carbons (Fsp3) is 0.412. The Bertz CT molecular complexity index is 860. The van der Waals surface area contributed by atoms with Crippen LogP contribution in [0.5, 0.6) is 0 Å². The Kier molecular flexibility index (Phi) is 5.77. The molecule has 1 fully saturated rings. The zero-order valence-corrected chi connectivity index (χ0v) is 15.8. The molecule has 2 aromatic rings. The van der Waals surface area contributed by atoms with Gasteiger partial charge >= 0.3 is 0 Å². The van der Waals surface area contributed by atoms with E-state index in [4.69, 9.17) is 0 Å². The van der Waals surface area contributed by atoms with Crippen LogP contribution in [-0.4, -0.2) is 19.9 Å². The van der Waals surface area contributed by atoms with Crippen molar-refractivity contribution >= 4 is 38.4 Å². The molecule has 7 nitrogen and oxygen atoms in total. The molecular weight excluding hydrogens is 374 g/mol. The molecule has 0 unspecified atom stereocenters. The van der Waals surface area contributed by atoms with Crippen molar-refractivity contribution in [1.29, 1.82) is 0 Å². The molecule has 26 heavy (non-hydrogen) atoms. The Labute approximate surface area is 156 Å². The van der Waals surface area contributed by atoms with E-state index in [2.05, 4.69) is 10.0 Å². The summed E-state index contributed by atoms with van der Waals surface area (Å²) in [7, 11) is -3.73. The summed E-state index contributed by atoms with van der Waals surface area (Å²) in [5, 5.41) is 16.2. The number of benzene rings is 1. The van der Waals surface area contributed by atoms with Gasteiger partial charge < -0.3 is 5.32 Å². The fourth-order valence-corrected chi connectivity index (χ4v) is 5.21. The van der Waals surface area contributed by atoms with E-state index >= 15 is 0 Å². The van der Waals surface area contributed by atoms with Gasteiger partial charge in [0.15, 0.2) is 0 Å². The third-order valence-corrected chi connectivity index (χ3v) is 7.29. The van der Waals surface area contributed by atoms with Crippen molar-refractivity contribution in [2.45, 2.75) is 36.3 Å². The number of hydrogen-bond donors (Lipinski definition) is 2. The first-order chi connectivity index (χ1) is 12.5. The Balaban J connectivity index is 1.75. The monoisotopic (exact) mass is 395 g/mol. The van der Waals surface area contributed by atoms with Crippen molar-refractivity contribution in [2.75, 3.05) is 16.6 Å². The lowest BCUT2D eigenvalue weighted by Gasteiger charge is -2.22. The number of nitrogens with zero attached hydrogens (tertiary/aromatic N) is 1. The van der Waals surface area contributed by atoms with Crippen molar-refractivity contribution in [3.8, 4) is 0 Å². The molecule has 140 valence electrons. The van der Waals surface area contributed by atoms with E-state index in [1.807, 2.05) is 0 Å². The van der Waals surface area contributed by atoms with Crippen molar-refractivity contribution in [3.05, 3.63) is 45.8 Å². The largest absolute Gasteiger partial charge is 0.379 e. The molecule has 1 aliphatic rings. The maximum absolute atomic E-state index is 12.3. The van der Waals surface area contributed by atoms with E-state index in [0.29, 0.717) is 18.2 Å². The summed E-state index contributed by atoms with van der Waals surface area (Å²) in [4.78, 5) is 10.9. The SMILES string of the molecule is O=[N+]([O-])c1cc(NS(=O)(=O)c2cccs2)ccc1NCC1CCCCC1. The van der Waals surface area contributed by atoms with Crippen LogP contribution < -0.4 is 10.0 Å². The first kappa shape index (κ1) is 18.7. The van der Waals surface area contributed by atoms with Crippen LogP contribution in [0.1, 0.15) is 32.1 Å². The molecule has 0 aliphatic heterocycles. The molecule has 0 bridgehead atoms. The Hall–Kier alpha value is -2.13. The van der Waals surface area contributed by atoms with Gasteiger partial charge in [0.25, 0.3) is 15.7 Å². The zero-order valence-electron chi connectivity index (χ0n) is 14.2. The zero-order chi connectivity index (χ0) is 18.6. The first-order valence-corrected chi connectivity index (χ1v) is 10.9. The van der Waals surface area contributed by atoms with E-state index < -0.39 is 14.9 Å². The van der Waals surface area contributed by atoms with Gasteiger partial charge in [-0.2, -0.15) is 0 Å². The van der Waals surface area contributed by atoms with E-state index in [0.717, 1.165) is 24.2 Å². The highest BCUT2D eigenvalue weighted by Gasteiger charge is 2.20. The summed E-state index contributed by atoms with van der Waals surface area (Å²) in [6.07, 6.45) is 5.95. The molecule has 1 aromatic heterocycles. The number of sulfonamides is 1. The molecule has 1 aliphatic carbocycles. The first-order valence-electron chi connectivity index (χ1n) is 8.54. The smallest absolute Gasteiger partial charge is 0.294 e. The van der Waals surface area contributed by atoms with Crippen LogP contribution in [0.2, 0.25) is 0 Å². The lowest BCUT2D eigenvalue weighted by atomic mass is 9.89. The van der Waals surface area contributed by atoms with E-state index in [9.17, 15) is 18.5 Å². The van der Waals surface area contributed by atoms with E-state index in [1.54, 1.807) is 23.6 Å². The predicted molar refractivity (Wildman–Crippen MR) is 103 cm³/mol. The topological polar surface area (TPSA) is 101 Å². The molecule has 1 aromatic carbocycles. The van der Waals surface area contributed by atoms with Crippen LogP contribution in [0.4, 0.5) is 17.1 Å². The van der Waals surface area contributed by atoms with Crippen LogP contribution in [-0.2, 0) is 10.0 Å². The highest BCUT2D eigenvalue weighted by Crippen LogP contribution is 2.31. The summed E-state index contributed by atoms with van der Waals surface area (Å²) in [5.74, 6) is 0.528. The number of hydrogen-bond acceptors (Lipinski definition) is 6. The average molecular weight is 396 g/mol. The van der Waals surface area contributed by atoms with Crippen molar-refractivity contribution < 1.29 is 13.3 Å². The predicted octanol–water partition coefficient (Wildman–Crippen LogP) is 4.45. The Morgan fingerprint density at radius 1 is 1.19 bits per heavy atom. The maximum Gasteiger partial charge on any atom is 0.294 e. The van der Waals surface area contributed by atoms with Gasteiger partial charge in [-0.1, -0.05) is 25.3 Å². The minimum Gasteiger partial charge on any atom is -0.379 e. The molecule has 1 heterocycles.